The SMILES string of the molecule is CC/C=C\C/C=C\C/C=C\C/C=C\CCCCCCC(=O)OCC(COP(=O)(O)OCC(CO)OC(=O)CCCCCCCCCCCCCCC)OC(=O)CCCCCCCC/C=C\C/C=C\C/C=C\CCCCC. The smallest absolute Gasteiger partial charge is 0.462 e. The Morgan fingerprint density at radius 2 is 0.684 bits per heavy atom. The van der Waals surface area contributed by atoms with E-state index in [1.54, 1.807) is 0 Å². The van der Waals surface area contributed by atoms with E-state index in [1.807, 2.05) is 0 Å². The van der Waals surface area contributed by atoms with Crippen LogP contribution < -0.4 is 0 Å². The molecule has 0 radical (unpaired) electrons. The van der Waals surface area contributed by atoms with Gasteiger partial charge in [-0.15, -0.1) is 0 Å². The maximum Gasteiger partial charge on any atom is 0.472 e. The van der Waals surface area contributed by atoms with E-state index in [9.17, 15) is 28.9 Å². The first-order chi connectivity index (χ1) is 37.2. The summed E-state index contributed by atoms with van der Waals surface area (Å²) < 4.78 is 39.6. The zero-order valence-corrected chi connectivity index (χ0v) is 49.3. The lowest BCUT2D eigenvalue weighted by molar-refractivity contribution is -0.161. The molecule has 0 aliphatic rings. The van der Waals surface area contributed by atoms with Crippen molar-refractivity contribution in [3.63, 3.8) is 0 Å². The Bertz CT molecular complexity index is 1600. The molecule has 0 saturated heterocycles. The molecule has 0 spiro atoms. The molecule has 3 unspecified atom stereocenters. The van der Waals surface area contributed by atoms with E-state index in [0.29, 0.717) is 19.3 Å². The van der Waals surface area contributed by atoms with Gasteiger partial charge in [0.1, 0.15) is 12.7 Å². The molecule has 0 aliphatic heterocycles. The fraction of sp³-hybridized carbons (Fsp3) is 0.734. The van der Waals surface area contributed by atoms with Gasteiger partial charge >= 0.3 is 25.7 Å². The van der Waals surface area contributed by atoms with Crippen LogP contribution in [0.5, 0.6) is 0 Å². The predicted octanol–water partition coefficient (Wildman–Crippen LogP) is 18.3. The Hall–Kier alpha value is -3.34. The first-order valence-corrected chi connectivity index (χ1v) is 32.0. The third-order valence-electron chi connectivity index (χ3n) is 12.8. The third kappa shape index (κ3) is 55.4. The molecule has 0 aliphatic carbocycles. The lowest BCUT2D eigenvalue weighted by atomic mass is 10.0. The molecule has 0 saturated carbocycles. The summed E-state index contributed by atoms with van der Waals surface area (Å²) in [5.74, 6) is -1.50. The highest BCUT2D eigenvalue weighted by Gasteiger charge is 2.28. The molecule has 2 N–H and O–H groups in total. The van der Waals surface area contributed by atoms with Gasteiger partial charge in [-0.2, -0.15) is 0 Å². The number of rotatable bonds is 56. The quantitative estimate of drug-likeness (QED) is 0.0197. The predicted molar refractivity (Wildman–Crippen MR) is 316 cm³/mol. The van der Waals surface area contributed by atoms with Gasteiger partial charge in [-0.25, -0.2) is 4.57 Å². The number of allylic oxidation sites excluding steroid dienone is 14. The summed E-state index contributed by atoms with van der Waals surface area (Å²) in [6, 6.07) is 0. The molecule has 3 atom stereocenters. The summed E-state index contributed by atoms with van der Waals surface area (Å²) in [5.41, 5.74) is 0. The van der Waals surface area contributed by atoms with E-state index in [-0.39, 0.29) is 25.9 Å². The fourth-order valence-corrected chi connectivity index (χ4v) is 8.96. The van der Waals surface area contributed by atoms with Crippen LogP contribution in [0.1, 0.15) is 265 Å². The molecule has 11 nitrogen and oxygen atoms in total. The summed E-state index contributed by atoms with van der Waals surface area (Å²) in [6.07, 6.45) is 66.7. The summed E-state index contributed by atoms with van der Waals surface area (Å²) in [6.45, 7) is 4.48. The van der Waals surface area contributed by atoms with E-state index in [1.165, 1.54) is 83.5 Å². The molecule has 0 aromatic carbocycles. The number of phosphoric ester groups is 1. The van der Waals surface area contributed by atoms with E-state index in [4.69, 9.17) is 23.3 Å². The largest absolute Gasteiger partial charge is 0.472 e. The van der Waals surface area contributed by atoms with E-state index >= 15 is 0 Å². The van der Waals surface area contributed by atoms with Crippen LogP contribution in [0.25, 0.3) is 0 Å². The molecule has 76 heavy (non-hydrogen) atoms. The number of ether oxygens (including phenoxy) is 3. The van der Waals surface area contributed by atoms with Gasteiger partial charge in [-0.1, -0.05) is 234 Å². The Balaban J connectivity index is 4.78. The minimum Gasteiger partial charge on any atom is -0.462 e. The minimum atomic E-state index is -4.76. The van der Waals surface area contributed by atoms with Crippen molar-refractivity contribution >= 4 is 25.7 Å². The van der Waals surface area contributed by atoms with Crippen LogP contribution in [-0.2, 0) is 42.2 Å². The van der Waals surface area contributed by atoms with Crippen molar-refractivity contribution in [1.82, 2.24) is 0 Å². The number of carbonyl (C=O) groups excluding carboxylic acids is 3. The molecule has 0 aromatic heterocycles. The number of phosphoric acid groups is 1. The summed E-state index contributed by atoms with van der Waals surface area (Å²) in [7, 11) is -4.76. The number of aliphatic hydroxyl groups excluding tert-OH is 1. The summed E-state index contributed by atoms with van der Waals surface area (Å²) in [5, 5.41) is 9.82. The highest BCUT2D eigenvalue weighted by Crippen LogP contribution is 2.43. The van der Waals surface area contributed by atoms with Crippen molar-refractivity contribution in [2.75, 3.05) is 26.4 Å². The van der Waals surface area contributed by atoms with Crippen LogP contribution in [0, 0.1) is 0 Å². The Kier molecular flexibility index (Phi) is 55.3. The lowest BCUT2D eigenvalue weighted by Gasteiger charge is -2.21. The molecule has 12 heteroatoms. The topological polar surface area (TPSA) is 155 Å². The second kappa shape index (κ2) is 57.8. The van der Waals surface area contributed by atoms with Crippen molar-refractivity contribution in [3.05, 3.63) is 85.1 Å². The second-order valence-corrected chi connectivity index (χ2v) is 21.6. The Morgan fingerprint density at radius 1 is 0.382 bits per heavy atom. The first-order valence-electron chi connectivity index (χ1n) is 30.5. The number of esters is 3. The number of aliphatic hydroxyl groups is 1. The zero-order chi connectivity index (χ0) is 55.5. The van der Waals surface area contributed by atoms with Gasteiger partial charge in [0.05, 0.1) is 19.8 Å². The average molecular weight is 1090 g/mol. The monoisotopic (exact) mass is 1090 g/mol. The van der Waals surface area contributed by atoms with E-state index < -0.39 is 57.8 Å². The van der Waals surface area contributed by atoms with E-state index in [0.717, 1.165) is 122 Å². The molecular weight excluding hydrogens is 976 g/mol. The molecule has 0 aromatic rings. The van der Waals surface area contributed by atoms with Gasteiger partial charge in [0.25, 0.3) is 0 Å². The van der Waals surface area contributed by atoms with Gasteiger partial charge in [0, 0.05) is 19.3 Å². The molecular formula is C64H111O11P. The lowest BCUT2D eigenvalue weighted by Crippen LogP contribution is -2.30. The Labute approximate surface area is 464 Å². The zero-order valence-electron chi connectivity index (χ0n) is 48.5. The molecule has 438 valence electrons. The van der Waals surface area contributed by atoms with Gasteiger partial charge in [0.2, 0.25) is 0 Å². The van der Waals surface area contributed by atoms with Gasteiger partial charge in [0.15, 0.2) is 6.10 Å². The van der Waals surface area contributed by atoms with Gasteiger partial charge in [-0.05, 0) is 96.3 Å². The number of carbonyl (C=O) groups is 3. The third-order valence-corrected chi connectivity index (χ3v) is 13.8. The standard InChI is InChI=1S/C64H111O11P/c1-4-7-10-13-16-19-22-25-27-29-30-32-34-37-40-43-46-49-52-55-64(68)75-61(57-71-62(66)53-50-47-44-41-38-36-33-31-28-26-23-20-17-14-11-8-5-2)59-73-76(69,70)72-58-60(56-65)74-63(67)54-51-48-45-42-39-35-24-21-18-15-12-9-6-3/h8,11,16-17,19-20,25-28,30,32-33,36,60-61,65H,4-7,9-10,12-15,18,21-24,29,31,34-35,37-59H2,1-3H3,(H,69,70)/b11-8-,19-16-,20-17-,27-25-,28-26-,32-30-,36-33-. The number of unbranched alkanes of at least 4 members (excludes halogenated alkanes) is 25. The molecule has 0 bridgehead atoms. The van der Waals surface area contributed by atoms with E-state index in [2.05, 4.69) is 106 Å². The highest BCUT2D eigenvalue weighted by molar-refractivity contribution is 7.47. The van der Waals surface area contributed by atoms with Crippen molar-refractivity contribution in [2.45, 2.75) is 277 Å². The van der Waals surface area contributed by atoms with Gasteiger partial charge < -0.3 is 24.2 Å². The maximum absolute atomic E-state index is 12.9. The molecule has 0 fully saturated rings. The summed E-state index contributed by atoms with van der Waals surface area (Å²) >= 11 is 0. The molecule has 0 rings (SSSR count). The molecule has 0 heterocycles. The molecule has 0 amide bonds. The van der Waals surface area contributed by atoms with Crippen LogP contribution in [-0.4, -0.2) is 66.5 Å². The van der Waals surface area contributed by atoms with Gasteiger partial charge in [-0.3, -0.25) is 23.4 Å². The average Bonchev–Trinajstić information content (AvgIpc) is 3.41. The first kappa shape index (κ1) is 72.7. The van der Waals surface area contributed by atoms with Crippen LogP contribution in [0.15, 0.2) is 85.1 Å². The van der Waals surface area contributed by atoms with Crippen LogP contribution >= 0.6 is 7.82 Å². The second-order valence-electron chi connectivity index (χ2n) is 20.1. The number of hydrogen-bond donors (Lipinski definition) is 2. The minimum absolute atomic E-state index is 0.145. The van der Waals surface area contributed by atoms with Crippen LogP contribution in [0.4, 0.5) is 0 Å². The maximum atomic E-state index is 12.9. The fourth-order valence-electron chi connectivity index (χ4n) is 8.18. The van der Waals surface area contributed by atoms with Crippen LogP contribution in [0.3, 0.4) is 0 Å². The van der Waals surface area contributed by atoms with Crippen molar-refractivity contribution in [2.24, 2.45) is 0 Å². The van der Waals surface area contributed by atoms with Crippen molar-refractivity contribution in [3.8, 4) is 0 Å². The highest BCUT2D eigenvalue weighted by atomic mass is 31.2. The number of hydrogen-bond acceptors (Lipinski definition) is 10. The van der Waals surface area contributed by atoms with Crippen molar-refractivity contribution in [1.29, 1.82) is 0 Å². The Morgan fingerprint density at radius 3 is 1.08 bits per heavy atom. The normalized spacial score (nSPS) is 13.9. The van der Waals surface area contributed by atoms with Crippen LogP contribution in [0.2, 0.25) is 0 Å². The van der Waals surface area contributed by atoms with Crippen molar-refractivity contribution < 1.29 is 52.2 Å². The summed E-state index contributed by atoms with van der Waals surface area (Å²) in [4.78, 5) is 48.6.